The SMILES string of the molecule is COc1ccc(-c2cc(Cl)cc3c2O[CH]C3)c(OC)c1. The molecule has 2 aromatic carbocycles. The Morgan fingerprint density at radius 2 is 1.90 bits per heavy atom. The van der Waals surface area contributed by atoms with Crippen LogP contribution >= 0.6 is 11.6 Å². The lowest BCUT2D eigenvalue weighted by Crippen LogP contribution is -1.92. The molecule has 1 aliphatic rings. The van der Waals surface area contributed by atoms with E-state index in [1.54, 1.807) is 20.8 Å². The van der Waals surface area contributed by atoms with Crippen LogP contribution in [0.5, 0.6) is 17.2 Å². The van der Waals surface area contributed by atoms with Crippen molar-refractivity contribution in [2.75, 3.05) is 14.2 Å². The van der Waals surface area contributed by atoms with Gasteiger partial charge in [-0.15, -0.1) is 0 Å². The minimum atomic E-state index is 0.690. The number of hydrogen-bond acceptors (Lipinski definition) is 3. The molecule has 1 heterocycles. The van der Waals surface area contributed by atoms with Gasteiger partial charge in [0, 0.05) is 34.2 Å². The van der Waals surface area contributed by atoms with Gasteiger partial charge >= 0.3 is 0 Å². The van der Waals surface area contributed by atoms with E-state index in [1.807, 2.05) is 30.3 Å². The zero-order valence-electron chi connectivity index (χ0n) is 11.3. The summed E-state index contributed by atoms with van der Waals surface area (Å²) in [6, 6.07) is 9.51. The van der Waals surface area contributed by atoms with Crippen molar-refractivity contribution < 1.29 is 14.2 Å². The Balaban J connectivity index is 2.19. The normalized spacial score (nSPS) is 12.8. The molecule has 0 bridgehead atoms. The zero-order valence-corrected chi connectivity index (χ0v) is 12.0. The summed E-state index contributed by atoms with van der Waals surface area (Å²) in [7, 11) is 3.26. The Morgan fingerprint density at radius 1 is 1.05 bits per heavy atom. The van der Waals surface area contributed by atoms with Crippen molar-refractivity contribution in [1.82, 2.24) is 0 Å². The van der Waals surface area contributed by atoms with Gasteiger partial charge in [0.15, 0.2) is 0 Å². The molecule has 0 aliphatic carbocycles. The maximum atomic E-state index is 6.20. The fraction of sp³-hybridized carbons (Fsp3) is 0.188. The Bertz CT molecular complexity index is 652. The summed E-state index contributed by atoms with van der Waals surface area (Å²) in [5, 5.41) is 0.690. The zero-order chi connectivity index (χ0) is 14.1. The number of fused-ring (bicyclic) bond motifs is 1. The van der Waals surface area contributed by atoms with E-state index < -0.39 is 0 Å². The maximum absolute atomic E-state index is 6.20. The predicted octanol–water partition coefficient (Wildman–Crippen LogP) is 4.12. The lowest BCUT2D eigenvalue weighted by atomic mass is 10.00. The molecule has 3 rings (SSSR count). The molecule has 0 fully saturated rings. The van der Waals surface area contributed by atoms with Gasteiger partial charge in [0.05, 0.1) is 14.2 Å². The lowest BCUT2D eigenvalue weighted by Gasteiger charge is -2.13. The monoisotopic (exact) mass is 289 g/mol. The van der Waals surface area contributed by atoms with Crippen LogP contribution in [0.2, 0.25) is 5.02 Å². The third-order valence-electron chi connectivity index (χ3n) is 3.33. The molecule has 0 saturated carbocycles. The first kappa shape index (κ1) is 13.1. The van der Waals surface area contributed by atoms with E-state index in [2.05, 4.69) is 0 Å². The molecule has 0 atom stereocenters. The van der Waals surface area contributed by atoms with Crippen LogP contribution in [0, 0.1) is 6.61 Å². The molecule has 0 saturated heterocycles. The molecular weight excluding hydrogens is 276 g/mol. The number of ether oxygens (including phenoxy) is 3. The van der Waals surface area contributed by atoms with Gasteiger partial charge < -0.3 is 14.2 Å². The van der Waals surface area contributed by atoms with Gasteiger partial charge in [-0.1, -0.05) is 11.6 Å². The Morgan fingerprint density at radius 3 is 2.65 bits per heavy atom. The summed E-state index contributed by atoms with van der Waals surface area (Å²) < 4.78 is 16.3. The van der Waals surface area contributed by atoms with E-state index in [1.165, 1.54) is 0 Å². The Kier molecular flexibility index (Phi) is 3.45. The highest BCUT2D eigenvalue weighted by Gasteiger charge is 2.21. The summed E-state index contributed by atoms with van der Waals surface area (Å²) >= 11 is 6.20. The highest BCUT2D eigenvalue weighted by Crippen LogP contribution is 2.44. The van der Waals surface area contributed by atoms with Crippen LogP contribution in [0.1, 0.15) is 5.56 Å². The Labute approximate surface area is 123 Å². The average Bonchev–Trinajstić information content (AvgIpc) is 2.93. The van der Waals surface area contributed by atoms with Crippen molar-refractivity contribution in [2.24, 2.45) is 0 Å². The van der Waals surface area contributed by atoms with Crippen LogP contribution in [0.4, 0.5) is 0 Å². The number of halogens is 1. The van der Waals surface area contributed by atoms with Crippen LogP contribution in [0.25, 0.3) is 11.1 Å². The number of methoxy groups -OCH3 is 2. The van der Waals surface area contributed by atoms with Crippen molar-refractivity contribution in [2.45, 2.75) is 6.42 Å². The second-order valence-corrected chi connectivity index (χ2v) is 4.93. The summed E-state index contributed by atoms with van der Waals surface area (Å²) in [4.78, 5) is 0. The molecule has 0 amide bonds. The fourth-order valence-corrected chi connectivity index (χ4v) is 2.62. The van der Waals surface area contributed by atoms with Gasteiger partial charge in [-0.2, -0.15) is 0 Å². The number of rotatable bonds is 3. The molecule has 0 aromatic heterocycles. The van der Waals surface area contributed by atoms with Crippen molar-refractivity contribution in [1.29, 1.82) is 0 Å². The van der Waals surface area contributed by atoms with Crippen LogP contribution in [-0.2, 0) is 6.42 Å². The second kappa shape index (κ2) is 5.25. The number of hydrogen-bond donors (Lipinski definition) is 0. The quantitative estimate of drug-likeness (QED) is 0.850. The smallest absolute Gasteiger partial charge is 0.140 e. The highest BCUT2D eigenvalue weighted by atomic mass is 35.5. The summed E-state index contributed by atoms with van der Waals surface area (Å²) in [6.45, 7) is 1.78. The van der Waals surface area contributed by atoms with Crippen molar-refractivity contribution >= 4 is 11.6 Å². The van der Waals surface area contributed by atoms with Crippen molar-refractivity contribution in [3.8, 4) is 28.4 Å². The van der Waals surface area contributed by atoms with E-state index in [4.69, 9.17) is 25.8 Å². The molecule has 20 heavy (non-hydrogen) atoms. The van der Waals surface area contributed by atoms with Gasteiger partial charge in [0.2, 0.25) is 0 Å². The summed E-state index contributed by atoms with van der Waals surface area (Å²) in [5.41, 5.74) is 2.95. The van der Waals surface area contributed by atoms with Crippen LogP contribution in [-0.4, -0.2) is 14.2 Å². The molecule has 103 valence electrons. The fourth-order valence-electron chi connectivity index (χ4n) is 2.38. The molecule has 1 aliphatic heterocycles. The van der Waals surface area contributed by atoms with Crippen LogP contribution < -0.4 is 14.2 Å². The minimum Gasteiger partial charge on any atom is -0.497 e. The van der Waals surface area contributed by atoms with E-state index in [-0.39, 0.29) is 0 Å². The molecule has 0 spiro atoms. The van der Waals surface area contributed by atoms with Crippen molar-refractivity contribution in [3.63, 3.8) is 0 Å². The van der Waals surface area contributed by atoms with E-state index in [0.29, 0.717) is 5.02 Å². The first-order valence-electron chi connectivity index (χ1n) is 6.26. The first-order chi connectivity index (χ1) is 9.72. The third-order valence-corrected chi connectivity index (χ3v) is 3.55. The molecule has 3 nitrogen and oxygen atoms in total. The molecule has 4 heteroatoms. The van der Waals surface area contributed by atoms with E-state index in [9.17, 15) is 0 Å². The Hall–Kier alpha value is -1.87. The van der Waals surface area contributed by atoms with Crippen molar-refractivity contribution in [3.05, 3.63) is 47.5 Å². The molecule has 0 N–H and O–H groups in total. The highest BCUT2D eigenvalue weighted by molar-refractivity contribution is 6.31. The number of benzene rings is 2. The summed E-state index contributed by atoms with van der Waals surface area (Å²) in [6.07, 6.45) is 0.765. The summed E-state index contributed by atoms with van der Waals surface area (Å²) in [5.74, 6) is 2.32. The average molecular weight is 290 g/mol. The predicted molar refractivity (Wildman–Crippen MR) is 78.6 cm³/mol. The largest absolute Gasteiger partial charge is 0.497 e. The second-order valence-electron chi connectivity index (χ2n) is 4.50. The first-order valence-corrected chi connectivity index (χ1v) is 6.64. The maximum Gasteiger partial charge on any atom is 0.140 e. The van der Waals surface area contributed by atoms with Gasteiger partial charge in [0.25, 0.3) is 0 Å². The topological polar surface area (TPSA) is 27.7 Å². The third kappa shape index (κ3) is 2.18. The molecule has 0 unspecified atom stereocenters. The van der Waals surface area contributed by atoms with Crippen LogP contribution in [0.15, 0.2) is 30.3 Å². The minimum absolute atomic E-state index is 0.690. The molecule has 1 radical (unpaired) electrons. The molecular formula is C16H14ClO3. The van der Waals surface area contributed by atoms with E-state index in [0.717, 1.165) is 40.4 Å². The van der Waals surface area contributed by atoms with Gasteiger partial charge in [-0.25, -0.2) is 0 Å². The standard InChI is InChI=1S/C16H14ClO3/c1-18-12-3-4-13(15(9-12)19-2)14-8-11(17)7-10-5-6-20-16(10)14/h3-4,6-9H,5H2,1-2H3. The van der Waals surface area contributed by atoms with Gasteiger partial charge in [0.1, 0.15) is 23.9 Å². The lowest BCUT2D eigenvalue weighted by molar-refractivity contribution is 0.395. The van der Waals surface area contributed by atoms with Crippen LogP contribution in [0.3, 0.4) is 0 Å². The van der Waals surface area contributed by atoms with Gasteiger partial charge in [-0.3, -0.25) is 0 Å². The molecule has 2 aromatic rings. The van der Waals surface area contributed by atoms with Gasteiger partial charge in [-0.05, 0) is 24.3 Å². The van der Waals surface area contributed by atoms with E-state index >= 15 is 0 Å².